The van der Waals surface area contributed by atoms with Gasteiger partial charge < -0.3 is 15.4 Å². The zero-order valence-corrected chi connectivity index (χ0v) is 29.1. The Morgan fingerprint density at radius 1 is 0.840 bits per heavy atom. The van der Waals surface area contributed by atoms with Crippen LogP contribution in [0.2, 0.25) is 0 Å². The van der Waals surface area contributed by atoms with Crippen LogP contribution in [0.3, 0.4) is 0 Å². The molecule has 0 fully saturated rings. The van der Waals surface area contributed by atoms with Crippen molar-refractivity contribution in [3.05, 3.63) is 94.8 Å². The van der Waals surface area contributed by atoms with Gasteiger partial charge in [0.15, 0.2) is 11.5 Å². The Morgan fingerprint density at radius 3 is 2.14 bits per heavy atom. The van der Waals surface area contributed by atoms with E-state index in [0.717, 1.165) is 29.6 Å². The molecule has 1 atom stereocenters. The van der Waals surface area contributed by atoms with E-state index in [-0.39, 0.29) is 24.0 Å². The SMILES string of the molecule is CCCCCCCCCCCCCC(=O)Nc1cc(NC2=NN(Cc3ccccc3)C(=O)C2n2onc(-c3ccccc3)c2=O)ccc1OC. The van der Waals surface area contributed by atoms with Gasteiger partial charge in [-0.05, 0) is 35.3 Å². The molecule has 0 radical (unpaired) electrons. The summed E-state index contributed by atoms with van der Waals surface area (Å²) in [6, 6.07) is 22.3. The van der Waals surface area contributed by atoms with E-state index in [9.17, 15) is 14.4 Å². The van der Waals surface area contributed by atoms with Crippen LogP contribution in [-0.2, 0) is 16.1 Å². The molecule has 0 saturated heterocycles. The van der Waals surface area contributed by atoms with Crippen molar-refractivity contribution in [2.75, 3.05) is 17.7 Å². The summed E-state index contributed by atoms with van der Waals surface area (Å²) in [6.07, 6.45) is 13.8. The minimum absolute atomic E-state index is 0.0894. The molecule has 50 heavy (non-hydrogen) atoms. The Morgan fingerprint density at radius 2 is 1.48 bits per heavy atom. The molecular formula is C39H48N6O5. The molecule has 0 saturated carbocycles. The van der Waals surface area contributed by atoms with Crippen molar-refractivity contribution in [1.29, 1.82) is 0 Å². The van der Waals surface area contributed by atoms with Crippen LogP contribution in [0.1, 0.15) is 95.6 Å². The second-order valence-electron chi connectivity index (χ2n) is 12.7. The smallest absolute Gasteiger partial charge is 0.312 e. The van der Waals surface area contributed by atoms with Crippen molar-refractivity contribution in [3.63, 3.8) is 0 Å². The number of nitrogens with zero attached hydrogens (tertiary/aromatic N) is 4. The maximum absolute atomic E-state index is 13.8. The van der Waals surface area contributed by atoms with Crippen LogP contribution in [0, 0.1) is 0 Å². The molecular weight excluding hydrogens is 632 g/mol. The predicted octanol–water partition coefficient (Wildman–Crippen LogP) is 8.16. The normalized spacial score (nSPS) is 14.1. The molecule has 11 nitrogen and oxygen atoms in total. The van der Waals surface area contributed by atoms with Crippen molar-refractivity contribution >= 4 is 29.0 Å². The minimum atomic E-state index is -1.22. The second-order valence-corrected chi connectivity index (χ2v) is 12.7. The van der Waals surface area contributed by atoms with Crippen molar-refractivity contribution < 1.29 is 19.0 Å². The lowest BCUT2D eigenvalue weighted by atomic mass is 10.1. The van der Waals surface area contributed by atoms with E-state index >= 15 is 0 Å². The predicted molar refractivity (Wildman–Crippen MR) is 196 cm³/mol. The van der Waals surface area contributed by atoms with Crippen LogP contribution in [-0.4, -0.2) is 39.7 Å². The third-order valence-corrected chi connectivity index (χ3v) is 8.81. The Balaban J connectivity index is 1.25. The zero-order chi connectivity index (χ0) is 35.1. The van der Waals surface area contributed by atoms with Gasteiger partial charge in [-0.2, -0.15) is 5.10 Å². The van der Waals surface area contributed by atoms with Gasteiger partial charge in [0.25, 0.3) is 5.91 Å². The Bertz CT molecular complexity index is 1770. The van der Waals surface area contributed by atoms with Gasteiger partial charge in [-0.15, -0.1) is 4.74 Å². The third kappa shape index (κ3) is 9.71. The maximum Gasteiger partial charge on any atom is 0.312 e. The summed E-state index contributed by atoms with van der Waals surface area (Å²) < 4.78 is 12.0. The third-order valence-electron chi connectivity index (χ3n) is 8.81. The van der Waals surface area contributed by atoms with E-state index in [1.165, 1.54) is 56.4 Å². The summed E-state index contributed by atoms with van der Waals surface area (Å²) in [7, 11) is 1.54. The molecule has 4 aromatic rings. The van der Waals surface area contributed by atoms with Gasteiger partial charge in [0, 0.05) is 17.7 Å². The lowest BCUT2D eigenvalue weighted by Gasteiger charge is -2.15. The van der Waals surface area contributed by atoms with Gasteiger partial charge in [0.1, 0.15) is 5.75 Å². The molecule has 1 aromatic heterocycles. The van der Waals surface area contributed by atoms with Gasteiger partial charge in [-0.3, -0.25) is 19.0 Å². The number of nitrogens with one attached hydrogen (secondary N) is 2. The average molecular weight is 681 g/mol. The highest BCUT2D eigenvalue weighted by Crippen LogP contribution is 2.30. The monoisotopic (exact) mass is 680 g/mol. The molecule has 0 spiro atoms. The van der Waals surface area contributed by atoms with E-state index in [1.807, 2.05) is 36.4 Å². The summed E-state index contributed by atoms with van der Waals surface area (Å²) in [5.41, 5.74) is 1.98. The largest absolute Gasteiger partial charge is 0.495 e. The molecule has 5 rings (SSSR count). The number of aromatic nitrogens is 2. The number of carbonyl (C=O) groups is 2. The number of unbranched alkanes of at least 4 members (excludes halogenated alkanes) is 10. The lowest BCUT2D eigenvalue weighted by molar-refractivity contribution is -0.133. The van der Waals surface area contributed by atoms with Gasteiger partial charge in [-0.25, -0.2) is 5.01 Å². The number of hydrogen-bond acceptors (Lipinski definition) is 8. The van der Waals surface area contributed by atoms with Crippen LogP contribution >= 0.6 is 0 Å². The Labute approximate surface area is 293 Å². The van der Waals surface area contributed by atoms with E-state index in [1.54, 1.807) is 49.6 Å². The number of hydrazone groups is 1. The first-order valence-corrected chi connectivity index (χ1v) is 17.8. The Hall–Kier alpha value is -5.19. The van der Waals surface area contributed by atoms with Crippen LogP contribution in [0.15, 0.2) is 93.4 Å². The molecule has 2 N–H and O–H groups in total. The summed E-state index contributed by atoms with van der Waals surface area (Å²) >= 11 is 0. The quantitative estimate of drug-likeness (QED) is 0.0956. The fourth-order valence-electron chi connectivity index (χ4n) is 6.06. The minimum Gasteiger partial charge on any atom is -0.495 e. The van der Waals surface area contributed by atoms with E-state index in [4.69, 9.17) is 9.37 Å². The highest BCUT2D eigenvalue weighted by molar-refractivity contribution is 6.14. The molecule has 2 heterocycles. The highest BCUT2D eigenvalue weighted by atomic mass is 16.6. The van der Waals surface area contributed by atoms with Gasteiger partial charge in [0.05, 0.1) is 19.3 Å². The molecule has 1 aliphatic rings. The molecule has 2 amide bonds. The molecule has 264 valence electrons. The number of anilines is 2. The number of amidine groups is 1. The van der Waals surface area contributed by atoms with Crippen molar-refractivity contribution in [2.45, 2.75) is 96.6 Å². The summed E-state index contributed by atoms with van der Waals surface area (Å²) in [5.74, 6) is 0.113. The van der Waals surface area contributed by atoms with Crippen LogP contribution in [0.4, 0.5) is 11.4 Å². The van der Waals surface area contributed by atoms with Gasteiger partial charge in [-0.1, -0.05) is 132 Å². The zero-order valence-electron chi connectivity index (χ0n) is 29.1. The number of benzene rings is 3. The molecule has 1 unspecified atom stereocenters. The summed E-state index contributed by atoms with van der Waals surface area (Å²) in [6.45, 7) is 2.43. The van der Waals surface area contributed by atoms with Crippen molar-refractivity contribution in [2.24, 2.45) is 5.10 Å². The van der Waals surface area contributed by atoms with Gasteiger partial charge >= 0.3 is 5.56 Å². The Kier molecular flexibility index (Phi) is 13.4. The molecule has 0 bridgehead atoms. The fraction of sp³-hybridized carbons (Fsp3) is 0.410. The highest BCUT2D eigenvalue weighted by Gasteiger charge is 2.41. The number of ether oxygens (including phenoxy) is 1. The van der Waals surface area contributed by atoms with E-state index < -0.39 is 17.5 Å². The first kappa shape index (κ1) is 36.1. The fourth-order valence-corrected chi connectivity index (χ4v) is 6.06. The van der Waals surface area contributed by atoms with Gasteiger partial charge in [0.2, 0.25) is 11.9 Å². The molecule has 11 heteroatoms. The first-order chi connectivity index (χ1) is 24.5. The maximum atomic E-state index is 13.8. The van der Waals surface area contributed by atoms with E-state index in [0.29, 0.717) is 29.1 Å². The average Bonchev–Trinajstić information content (AvgIpc) is 3.65. The van der Waals surface area contributed by atoms with Crippen molar-refractivity contribution in [1.82, 2.24) is 14.9 Å². The summed E-state index contributed by atoms with van der Waals surface area (Å²) in [5, 5.41) is 16.1. The topological polar surface area (TPSA) is 131 Å². The first-order valence-electron chi connectivity index (χ1n) is 17.8. The number of hydrogen-bond donors (Lipinski definition) is 2. The second kappa shape index (κ2) is 18.5. The van der Waals surface area contributed by atoms with Crippen LogP contribution < -0.4 is 20.9 Å². The molecule has 1 aliphatic heterocycles. The lowest BCUT2D eigenvalue weighted by Crippen LogP contribution is -2.36. The number of carbonyl (C=O) groups excluding carboxylic acids is 2. The van der Waals surface area contributed by atoms with Crippen molar-refractivity contribution in [3.8, 4) is 17.0 Å². The van der Waals surface area contributed by atoms with Crippen LogP contribution in [0.5, 0.6) is 5.75 Å². The summed E-state index contributed by atoms with van der Waals surface area (Å²) in [4.78, 5) is 40.3. The number of amides is 2. The number of rotatable bonds is 19. The van der Waals surface area contributed by atoms with Crippen LogP contribution in [0.25, 0.3) is 11.3 Å². The molecule has 3 aromatic carbocycles. The standard InChI is InChI=1S/C39H48N6O5/c1-3-4-5-6-7-8-9-10-11-12-19-24-34(46)41-32-27-31(25-26-33(32)49-2)40-37-36(39(48)44(42-37)28-29-20-15-13-16-21-29)45-38(47)35(43-50-45)30-22-17-14-18-23-30/h13-18,20-23,25-27,36H,3-12,19,24,28H2,1-2H3,(H,40,42)(H,41,46). The molecule has 0 aliphatic carbocycles. The van der Waals surface area contributed by atoms with E-state index in [2.05, 4.69) is 27.8 Å². The number of methoxy groups -OCH3 is 1.